The third kappa shape index (κ3) is 4.14. The highest BCUT2D eigenvalue weighted by atomic mass is 35.5. The Morgan fingerprint density at radius 2 is 1.95 bits per heavy atom. The summed E-state index contributed by atoms with van der Waals surface area (Å²) in [5, 5.41) is 8.46. The quantitative estimate of drug-likeness (QED) is 0.814. The lowest BCUT2D eigenvalue weighted by Gasteiger charge is -2.21. The van der Waals surface area contributed by atoms with Gasteiger partial charge in [0.15, 0.2) is 11.6 Å². The van der Waals surface area contributed by atoms with Gasteiger partial charge in [-0.3, -0.25) is 9.59 Å². The number of benzene rings is 1. The molecule has 20 heavy (non-hydrogen) atoms. The number of hydrogen-bond acceptors (Lipinski definition) is 3. The maximum atomic E-state index is 13.2. The van der Waals surface area contributed by atoms with Gasteiger partial charge in [-0.2, -0.15) is 0 Å². The number of amides is 1. The number of aliphatic carboxylic acids is 1. The van der Waals surface area contributed by atoms with Gasteiger partial charge in [0.1, 0.15) is 6.54 Å². The first kappa shape index (κ1) is 16.3. The molecule has 110 valence electrons. The molecule has 1 rings (SSSR count). The van der Waals surface area contributed by atoms with Gasteiger partial charge in [-0.15, -0.1) is 0 Å². The van der Waals surface area contributed by atoms with E-state index in [-0.39, 0.29) is 23.7 Å². The molecule has 1 amide bonds. The van der Waals surface area contributed by atoms with Gasteiger partial charge in [0.25, 0.3) is 5.91 Å². The van der Waals surface area contributed by atoms with Crippen molar-refractivity contribution in [2.75, 3.05) is 26.8 Å². The van der Waals surface area contributed by atoms with Crippen molar-refractivity contribution in [2.45, 2.75) is 0 Å². The summed E-state index contributed by atoms with van der Waals surface area (Å²) in [6.45, 7) is -0.519. The average Bonchev–Trinajstić information content (AvgIpc) is 2.37. The van der Waals surface area contributed by atoms with Gasteiger partial charge >= 0.3 is 5.97 Å². The number of carboxylic acid groups (broad SMARTS) is 1. The number of hydrogen-bond donors (Lipinski definition) is 1. The topological polar surface area (TPSA) is 66.8 Å². The first-order chi connectivity index (χ1) is 9.36. The Bertz CT molecular complexity index is 524. The van der Waals surface area contributed by atoms with Crippen LogP contribution in [0.15, 0.2) is 12.1 Å². The lowest BCUT2D eigenvalue weighted by molar-refractivity contribution is -0.137. The Kier molecular flexibility index (Phi) is 5.84. The van der Waals surface area contributed by atoms with Crippen molar-refractivity contribution in [2.24, 2.45) is 0 Å². The van der Waals surface area contributed by atoms with Crippen molar-refractivity contribution in [3.05, 3.63) is 34.4 Å². The molecular formula is C12H12ClF2NO4. The van der Waals surface area contributed by atoms with Gasteiger partial charge in [0.05, 0.1) is 17.2 Å². The van der Waals surface area contributed by atoms with Crippen molar-refractivity contribution < 1.29 is 28.2 Å². The average molecular weight is 308 g/mol. The number of ether oxygens (including phenoxy) is 1. The van der Waals surface area contributed by atoms with E-state index in [2.05, 4.69) is 0 Å². The summed E-state index contributed by atoms with van der Waals surface area (Å²) < 4.78 is 30.8. The highest BCUT2D eigenvalue weighted by Gasteiger charge is 2.22. The van der Waals surface area contributed by atoms with Crippen LogP contribution < -0.4 is 0 Å². The predicted molar refractivity (Wildman–Crippen MR) is 66.8 cm³/mol. The third-order valence-electron chi connectivity index (χ3n) is 2.42. The summed E-state index contributed by atoms with van der Waals surface area (Å²) in [5.41, 5.74) is -0.303. The summed E-state index contributed by atoms with van der Waals surface area (Å²) in [6, 6.07) is 1.31. The molecule has 1 aromatic rings. The molecule has 0 saturated heterocycles. The fourth-order valence-corrected chi connectivity index (χ4v) is 1.71. The van der Waals surface area contributed by atoms with E-state index in [1.807, 2.05) is 0 Å². The third-order valence-corrected chi connectivity index (χ3v) is 2.73. The Balaban J connectivity index is 3.04. The van der Waals surface area contributed by atoms with Crippen LogP contribution in [0.5, 0.6) is 0 Å². The van der Waals surface area contributed by atoms with Gasteiger partial charge in [-0.1, -0.05) is 11.6 Å². The Morgan fingerprint density at radius 1 is 1.35 bits per heavy atom. The molecule has 0 bridgehead atoms. The summed E-state index contributed by atoms with van der Waals surface area (Å²) in [6.07, 6.45) is 0. The van der Waals surface area contributed by atoms with E-state index in [1.165, 1.54) is 7.11 Å². The van der Waals surface area contributed by atoms with Crippen LogP contribution in [-0.4, -0.2) is 48.7 Å². The second-order valence-electron chi connectivity index (χ2n) is 3.86. The number of rotatable bonds is 6. The second kappa shape index (κ2) is 7.16. The molecule has 1 N–H and O–H groups in total. The van der Waals surface area contributed by atoms with Gasteiger partial charge in [-0.05, 0) is 12.1 Å². The highest BCUT2D eigenvalue weighted by Crippen LogP contribution is 2.21. The van der Waals surface area contributed by atoms with Gasteiger partial charge < -0.3 is 14.7 Å². The van der Waals surface area contributed by atoms with Crippen molar-refractivity contribution in [1.29, 1.82) is 0 Å². The van der Waals surface area contributed by atoms with Crippen LogP contribution in [0.4, 0.5) is 8.78 Å². The number of carbonyl (C=O) groups is 2. The molecule has 0 aliphatic heterocycles. The molecule has 0 radical (unpaired) electrons. The number of carbonyl (C=O) groups excluding carboxylic acids is 1. The minimum absolute atomic E-state index is 0.0169. The molecule has 8 heteroatoms. The molecule has 0 atom stereocenters. The van der Waals surface area contributed by atoms with E-state index in [0.717, 1.165) is 4.90 Å². The molecule has 1 aromatic carbocycles. The number of halogens is 3. The van der Waals surface area contributed by atoms with E-state index in [0.29, 0.717) is 12.1 Å². The van der Waals surface area contributed by atoms with Crippen LogP contribution in [-0.2, 0) is 9.53 Å². The van der Waals surface area contributed by atoms with E-state index < -0.39 is 30.1 Å². The van der Waals surface area contributed by atoms with Crippen molar-refractivity contribution in [3.8, 4) is 0 Å². The van der Waals surface area contributed by atoms with Crippen LogP contribution in [0, 0.1) is 11.6 Å². The largest absolute Gasteiger partial charge is 0.480 e. The van der Waals surface area contributed by atoms with Crippen molar-refractivity contribution in [1.82, 2.24) is 4.90 Å². The maximum absolute atomic E-state index is 13.2. The Hall–Kier alpha value is -1.73. The van der Waals surface area contributed by atoms with Crippen LogP contribution in [0.3, 0.4) is 0 Å². The second-order valence-corrected chi connectivity index (χ2v) is 4.27. The zero-order valence-corrected chi connectivity index (χ0v) is 11.3. The fraction of sp³-hybridized carbons (Fsp3) is 0.333. The van der Waals surface area contributed by atoms with Crippen LogP contribution in [0.2, 0.25) is 5.02 Å². The summed E-state index contributed by atoms with van der Waals surface area (Å²) in [5.74, 6) is -4.48. The Labute approximate surface area is 118 Å². The predicted octanol–water partition coefficient (Wildman–Crippen LogP) is 1.79. The molecule has 0 saturated carbocycles. The fourth-order valence-electron chi connectivity index (χ4n) is 1.47. The molecule has 0 aliphatic carbocycles. The molecule has 0 aliphatic rings. The van der Waals surface area contributed by atoms with E-state index >= 15 is 0 Å². The summed E-state index contributed by atoms with van der Waals surface area (Å²) >= 11 is 5.68. The normalized spacial score (nSPS) is 10.4. The van der Waals surface area contributed by atoms with Crippen LogP contribution >= 0.6 is 11.6 Å². The summed E-state index contributed by atoms with van der Waals surface area (Å²) in [4.78, 5) is 23.7. The van der Waals surface area contributed by atoms with Gasteiger partial charge in [0.2, 0.25) is 0 Å². The minimum atomic E-state index is -1.24. The standard InChI is InChI=1S/C12H12ClF2NO4/c1-20-3-2-16(6-11(17)18)12(19)7-4-9(14)10(15)5-8(7)13/h4-5H,2-3,6H2,1H3,(H,17,18). The molecular weight excluding hydrogens is 296 g/mol. The number of carboxylic acids is 1. The molecule has 0 aromatic heterocycles. The SMILES string of the molecule is COCCN(CC(=O)O)C(=O)c1cc(F)c(F)cc1Cl. The monoisotopic (exact) mass is 307 g/mol. The highest BCUT2D eigenvalue weighted by molar-refractivity contribution is 6.33. The molecule has 0 spiro atoms. The first-order valence-corrected chi connectivity index (χ1v) is 5.89. The Morgan fingerprint density at radius 3 is 2.50 bits per heavy atom. The van der Waals surface area contributed by atoms with E-state index in [1.54, 1.807) is 0 Å². The first-order valence-electron chi connectivity index (χ1n) is 5.51. The smallest absolute Gasteiger partial charge is 0.323 e. The van der Waals surface area contributed by atoms with Gasteiger partial charge in [-0.25, -0.2) is 8.78 Å². The lowest BCUT2D eigenvalue weighted by atomic mass is 10.2. The molecule has 0 heterocycles. The molecule has 0 unspecified atom stereocenters. The van der Waals surface area contributed by atoms with Crippen LogP contribution in [0.1, 0.15) is 10.4 Å². The van der Waals surface area contributed by atoms with E-state index in [9.17, 15) is 18.4 Å². The van der Waals surface area contributed by atoms with Crippen molar-refractivity contribution >= 4 is 23.5 Å². The number of methoxy groups -OCH3 is 1. The zero-order valence-electron chi connectivity index (χ0n) is 10.5. The maximum Gasteiger partial charge on any atom is 0.323 e. The van der Waals surface area contributed by atoms with E-state index in [4.69, 9.17) is 21.4 Å². The zero-order chi connectivity index (χ0) is 15.3. The number of nitrogens with zero attached hydrogens (tertiary/aromatic N) is 1. The molecule has 0 fully saturated rings. The minimum Gasteiger partial charge on any atom is -0.480 e. The van der Waals surface area contributed by atoms with Gasteiger partial charge in [0, 0.05) is 13.7 Å². The van der Waals surface area contributed by atoms with Crippen LogP contribution in [0.25, 0.3) is 0 Å². The molecule has 5 nitrogen and oxygen atoms in total. The summed E-state index contributed by atoms with van der Waals surface area (Å²) in [7, 11) is 1.38. The van der Waals surface area contributed by atoms with Crippen molar-refractivity contribution in [3.63, 3.8) is 0 Å². The lowest BCUT2D eigenvalue weighted by Crippen LogP contribution is -2.38.